The molecule has 1 fully saturated rings. The second-order valence-electron chi connectivity index (χ2n) is 11.0. The topological polar surface area (TPSA) is 105 Å². The van der Waals surface area contributed by atoms with Gasteiger partial charge in [0.15, 0.2) is 11.5 Å². The molecular formula is C32H35BrFN3O6S. The smallest absolute Gasteiger partial charge is 0.264 e. The van der Waals surface area contributed by atoms with E-state index < -0.39 is 34.3 Å². The monoisotopic (exact) mass is 687 g/mol. The lowest BCUT2D eigenvalue weighted by molar-refractivity contribution is -0.139. The number of hydrogen-bond donors (Lipinski definition) is 1. The molecule has 1 aliphatic carbocycles. The third kappa shape index (κ3) is 7.52. The van der Waals surface area contributed by atoms with Crippen molar-refractivity contribution in [2.75, 3.05) is 24.1 Å². The summed E-state index contributed by atoms with van der Waals surface area (Å²) in [4.78, 5) is 28.8. The zero-order valence-corrected chi connectivity index (χ0v) is 26.8. The van der Waals surface area contributed by atoms with Crippen LogP contribution in [-0.4, -0.2) is 57.0 Å². The number of nitrogens with zero attached hydrogens (tertiary/aromatic N) is 2. The normalized spacial score (nSPS) is 15.7. The van der Waals surface area contributed by atoms with E-state index in [9.17, 15) is 22.4 Å². The Morgan fingerprint density at radius 2 is 1.61 bits per heavy atom. The van der Waals surface area contributed by atoms with Crippen LogP contribution in [0.1, 0.15) is 44.6 Å². The molecule has 234 valence electrons. The first-order valence-corrected chi connectivity index (χ1v) is 16.9. The van der Waals surface area contributed by atoms with Gasteiger partial charge in [-0.1, -0.05) is 47.3 Å². The minimum absolute atomic E-state index is 0.0367. The highest BCUT2D eigenvalue weighted by Gasteiger charge is 2.34. The molecule has 1 heterocycles. The van der Waals surface area contributed by atoms with Crippen LogP contribution in [0.5, 0.6) is 11.5 Å². The van der Waals surface area contributed by atoms with Gasteiger partial charge in [-0.3, -0.25) is 13.9 Å². The van der Waals surface area contributed by atoms with Crippen LogP contribution in [0.2, 0.25) is 0 Å². The maximum atomic E-state index is 14.1. The molecule has 0 spiro atoms. The summed E-state index contributed by atoms with van der Waals surface area (Å²) in [6.45, 7) is 1.71. The summed E-state index contributed by atoms with van der Waals surface area (Å²) in [5.41, 5.74) is 0.861. The quantitative estimate of drug-likeness (QED) is 0.305. The number of ether oxygens (including phenoxy) is 2. The van der Waals surface area contributed by atoms with E-state index in [4.69, 9.17) is 9.47 Å². The number of rotatable bonds is 10. The highest BCUT2D eigenvalue weighted by molar-refractivity contribution is 9.10. The van der Waals surface area contributed by atoms with Crippen molar-refractivity contribution in [2.45, 2.75) is 62.6 Å². The van der Waals surface area contributed by atoms with E-state index in [1.165, 1.54) is 35.2 Å². The van der Waals surface area contributed by atoms with Crippen LogP contribution in [0.15, 0.2) is 76.1 Å². The first-order valence-electron chi connectivity index (χ1n) is 14.6. The second kappa shape index (κ2) is 14.0. The van der Waals surface area contributed by atoms with Gasteiger partial charge in [0.25, 0.3) is 10.0 Å². The van der Waals surface area contributed by atoms with E-state index in [-0.39, 0.29) is 41.4 Å². The zero-order chi connectivity index (χ0) is 31.3. The number of halogens is 2. The van der Waals surface area contributed by atoms with Crippen molar-refractivity contribution in [3.63, 3.8) is 0 Å². The number of carbonyl (C=O) groups is 2. The van der Waals surface area contributed by atoms with Crippen molar-refractivity contribution in [3.05, 3.63) is 82.6 Å². The van der Waals surface area contributed by atoms with E-state index >= 15 is 0 Å². The standard InChI is InChI=1S/C32H35BrFN3O6S/c1-22(32(39)35-26-5-3-2-4-6-26)36(20-23-7-9-24(33)10-8-23)31(38)21-37(27-13-11-25(34)12-14-27)44(40,41)28-15-16-29-30(19-28)43-18-17-42-29/h7-16,19,22,26H,2-6,17-18,20-21H2,1H3,(H,35,39)/t22-/m0/s1. The molecule has 0 aromatic heterocycles. The molecule has 9 nitrogen and oxygen atoms in total. The van der Waals surface area contributed by atoms with Crippen LogP contribution in [-0.2, 0) is 26.2 Å². The van der Waals surface area contributed by atoms with Crippen molar-refractivity contribution in [2.24, 2.45) is 0 Å². The van der Waals surface area contributed by atoms with Gasteiger partial charge in [0.05, 0.1) is 10.6 Å². The van der Waals surface area contributed by atoms with Crippen LogP contribution in [0.25, 0.3) is 0 Å². The van der Waals surface area contributed by atoms with E-state index in [0.717, 1.165) is 58.6 Å². The Balaban J connectivity index is 1.47. The first kappa shape index (κ1) is 31.8. The van der Waals surface area contributed by atoms with Crippen molar-refractivity contribution in [3.8, 4) is 11.5 Å². The van der Waals surface area contributed by atoms with Crippen molar-refractivity contribution >= 4 is 43.5 Å². The Morgan fingerprint density at radius 1 is 0.955 bits per heavy atom. The molecule has 0 unspecified atom stereocenters. The maximum Gasteiger partial charge on any atom is 0.264 e. The summed E-state index contributed by atoms with van der Waals surface area (Å²) in [6.07, 6.45) is 4.96. The highest BCUT2D eigenvalue weighted by atomic mass is 79.9. The van der Waals surface area contributed by atoms with Crippen LogP contribution in [0, 0.1) is 5.82 Å². The number of hydrogen-bond acceptors (Lipinski definition) is 6. The summed E-state index contributed by atoms with van der Waals surface area (Å²) in [5, 5.41) is 3.09. The molecule has 5 rings (SSSR count). The molecule has 1 saturated carbocycles. The van der Waals surface area contributed by atoms with Crippen molar-refractivity contribution < 1.29 is 31.9 Å². The number of anilines is 1. The lowest BCUT2D eigenvalue weighted by Gasteiger charge is -2.33. The van der Waals surface area contributed by atoms with Gasteiger partial charge in [0, 0.05) is 23.1 Å². The third-order valence-electron chi connectivity index (χ3n) is 7.88. The van der Waals surface area contributed by atoms with E-state index in [0.29, 0.717) is 12.4 Å². The summed E-state index contributed by atoms with van der Waals surface area (Å²) in [5.74, 6) is -0.762. The summed E-state index contributed by atoms with van der Waals surface area (Å²) in [6, 6.07) is 15.6. The Labute approximate surface area is 265 Å². The van der Waals surface area contributed by atoms with Gasteiger partial charge in [0.2, 0.25) is 11.8 Å². The number of benzene rings is 3. The third-order valence-corrected chi connectivity index (χ3v) is 10.2. The summed E-state index contributed by atoms with van der Waals surface area (Å²) >= 11 is 3.42. The van der Waals surface area contributed by atoms with E-state index in [2.05, 4.69) is 21.2 Å². The molecule has 44 heavy (non-hydrogen) atoms. The summed E-state index contributed by atoms with van der Waals surface area (Å²) < 4.78 is 55.0. The average Bonchev–Trinajstić information content (AvgIpc) is 3.03. The molecular weight excluding hydrogens is 653 g/mol. The van der Waals surface area contributed by atoms with E-state index in [1.54, 1.807) is 6.92 Å². The minimum Gasteiger partial charge on any atom is -0.486 e. The van der Waals surface area contributed by atoms with E-state index in [1.807, 2.05) is 24.3 Å². The Bertz CT molecular complexity index is 1580. The molecule has 1 atom stereocenters. The van der Waals surface area contributed by atoms with Crippen molar-refractivity contribution in [1.82, 2.24) is 10.2 Å². The molecule has 12 heteroatoms. The molecule has 1 aliphatic heterocycles. The molecule has 3 aromatic carbocycles. The molecule has 1 N–H and O–H groups in total. The highest BCUT2D eigenvalue weighted by Crippen LogP contribution is 2.34. The largest absolute Gasteiger partial charge is 0.486 e. The molecule has 3 aromatic rings. The Morgan fingerprint density at radius 3 is 2.30 bits per heavy atom. The maximum absolute atomic E-state index is 14.1. The van der Waals surface area contributed by atoms with Crippen molar-refractivity contribution in [1.29, 1.82) is 0 Å². The fourth-order valence-corrected chi connectivity index (χ4v) is 7.08. The average molecular weight is 689 g/mol. The summed E-state index contributed by atoms with van der Waals surface area (Å²) in [7, 11) is -4.36. The van der Waals surface area contributed by atoms with Gasteiger partial charge in [-0.15, -0.1) is 0 Å². The predicted molar refractivity (Wildman–Crippen MR) is 168 cm³/mol. The predicted octanol–water partition coefficient (Wildman–Crippen LogP) is 5.42. The second-order valence-corrected chi connectivity index (χ2v) is 13.7. The van der Waals surface area contributed by atoms with Gasteiger partial charge in [-0.05, 0) is 73.9 Å². The van der Waals surface area contributed by atoms with Crippen LogP contribution in [0.4, 0.5) is 10.1 Å². The lowest BCUT2D eigenvalue weighted by atomic mass is 9.95. The lowest BCUT2D eigenvalue weighted by Crippen LogP contribution is -2.53. The number of fused-ring (bicyclic) bond motifs is 1. The fraction of sp³-hybridized carbons (Fsp3) is 0.375. The molecule has 0 saturated heterocycles. The minimum atomic E-state index is -4.36. The number of sulfonamides is 1. The fourth-order valence-electron chi connectivity index (χ4n) is 5.39. The number of amides is 2. The van der Waals surface area contributed by atoms with Crippen LogP contribution < -0.4 is 19.1 Å². The van der Waals surface area contributed by atoms with Crippen LogP contribution in [0.3, 0.4) is 0 Å². The van der Waals surface area contributed by atoms with Gasteiger partial charge in [-0.2, -0.15) is 0 Å². The zero-order valence-electron chi connectivity index (χ0n) is 24.4. The van der Waals surface area contributed by atoms with Gasteiger partial charge in [-0.25, -0.2) is 12.8 Å². The Kier molecular flexibility index (Phi) is 10.1. The van der Waals surface area contributed by atoms with Gasteiger partial charge >= 0.3 is 0 Å². The molecule has 0 bridgehead atoms. The number of carbonyl (C=O) groups excluding carboxylic acids is 2. The Hall–Kier alpha value is -3.64. The SMILES string of the molecule is C[C@@H](C(=O)NC1CCCCC1)N(Cc1ccc(Br)cc1)C(=O)CN(c1ccc(F)cc1)S(=O)(=O)c1ccc2c(c1)OCCO2. The molecule has 2 amide bonds. The van der Waals surface area contributed by atoms with Gasteiger partial charge in [0.1, 0.15) is 31.6 Å². The van der Waals surface area contributed by atoms with Gasteiger partial charge < -0.3 is 19.7 Å². The van der Waals surface area contributed by atoms with Crippen LogP contribution >= 0.6 is 15.9 Å². The molecule has 2 aliphatic rings. The molecule has 0 radical (unpaired) electrons. The number of nitrogens with one attached hydrogen (secondary N) is 1. The first-order chi connectivity index (χ1) is 21.1.